The first-order valence-electron chi connectivity index (χ1n) is 9.72. The van der Waals surface area contributed by atoms with Crippen molar-refractivity contribution in [3.05, 3.63) is 41.9 Å². The summed E-state index contributed by atoms with van der Waals surface area (Å²) in [6.07, 6.45) is -1.05. The van der Waals surface area contributed by atoms with Crippen molar-refractivity contribution in [3.8, 4) is 17.3 Å². The van der Waals surface area contributed by atoms with Gasteiger partial charge in [0.15, 0.2) is 11.5 Å². The maximum atomic E-state index is 12.7. The Morgan fingerprint density at radius 2 is 1.94 bits per heavy atom. The van der Waals surface area contributed by atoms with Gasteiger partial charge in [-0.05, 0) is 37.1 Å². The SMILES string of the molecule is CCc1noc(-c2cn(C3CCN(C(=O)c4ccc(OC(F)(F)F)cc4)CC3)nn2)n1. The van der Waals surface area contributed by atoms with Crippen LogP contribution in [0.3, 0.4) is 0 Å². The minimum atomic E-state index is -4.77. The fraction of sp³-hybridized carbons (Fsp3) is 0.421. The summed E-state index contributed by atoms with van der Waals surface area (Å²) in [7, 11) is 0. The molecule has 1 amide bonds. The van der Waals surface area contributed by atoms with Crippen molar-refractivity contribution in [2.24, 2.45) is 0 Å². The summed E-state index contributed by atoms with van der Waals surface area (Å²) >= 11 is 0. The molecule has 31 heavy (non-hydrogen) atoms. The maximum Gasteiger partial charge on any atom is 0.573 e. The van der Waals surface area contributed by atoms with Crippen LogP contribution in [-0.4, -0.2) is 55.4 Å². The van der Waals surface area contributed by atoms with Gasteiger partial charge in [0.2, 0.25) is 0 Å². The predicted molar refractivity (Wildman–Crippen MR) is 100.0 cm³/mol. The lowest BCUT2D eigenvalue weighted by molar-refractivity contribution is -0.274. The van der Waals surface area contributed by atoms with Crippen LogP contribution in [0.15, 0.2) is 35.0 Å². The van der Waals surface area contributed by atoms with Crippen LogP contribution in [0.25, 0.3) is 11.6 Å². The minimum Gasteiger partial charge on any atom is -0.406 e. The quantitative estimate of drug-likeness (QED) is 0.605. The number of hydrogen-bond acceptors (Lipinski definition) is 7. The predicted octanol–water partition coefficient (Wildman–Crippen LogP) is 3.27. The van der Waals surface area contributed by atoms with Crippen LogP contribution in [-0.2, 0) is 6.42 Å². The number of halogens is 3. The van der Waals surface area contributed by atoms with E-state index in [4.69, 9.17) is 4.52 Å². The Hall–Kier alpha value is -3.44. The first kappa shape index (κ1) is 20.8. The Balaban J connectivity index is 1.35. The lowest BCUT2D eigenvalue weighted by Crippen LogP contribution is -2.39. The fourth-order valence-electron chi connectivity index (χ4n) is 3.37. The summed E-state index contributed by atoms with van der Waals surface area (Å²) in [5.74, 6) is 0.300. The number of ether oxygens (including phenoxy) is 1. The Morgan fingerprint density at radius 1 is 1.23 bits per heavy atom. The molecule has 12 heteroatoms. The van der Waals surface area contributed by atoms with E-state index in [0.29, 0.717) is 55.3 Å². The molecule has 2 aromatic heterocycles. The third kappa shape index (κ3) is 4.84. The highest BCUT2D eigenvalue weighted by Gasteiger charge is 2.31. The number of rotatable bonds is 5. The standard InChI is InChI=1S/C19H19F3N6O3/c1-2-16-23-17(31-25-16)15-11-28(26-24-15)13-7-9-27(10-8-13)18(29)12-3-5-14(6-4-12)30-19(20,21)22/h3-6,11,13H,2,7-10H2,1H3. The molecule has 1 aliphatic heterocycles. The van der Waals surface area contributed by atoms with E-state index in [2.05, 4.69) is 25.2 Å². The Bertz CT molecular complexity index is 1040. The second-order valence-electron chi connectivity index (χ2n) is 7.05. The van der Waals surface area contributed by atoms with Crippen LogP contribution in [0, 0.1) is 0 Å². The molecule has 0 bridgehead atoms. The van der Waals surface area contributed by atoms with Crippen LogP contribution in [0.4, 0.5) is 13.2 Å². The highest BCUT2D eigenvalue weighted by molar-refractivity contribution is 5.94. The van der Waals surface area contributed by atoms with Gasteiger partial charge >= 0.3 is 6.36 Å². The molecule has 1 aliphatic rings. The van der Waals surface area contributed by atoms with Crippen LogP contribution >= 0.6 is 0 Å². The number of aryl methyl sites for hydroxylation is 1. The topological polar surface area (TPSA) is 99.2 Å². The third-order valence-electron chi connectivity index (χ3n) is 4.97. The van der Waals surface area contributed by atoms with Crippen LogP contribution in [0.5, 0.6) is 5.75 Å². The van der Waals surface area contributed by atoms with Gasteiger partial charge in [-0.2, -0.15) is 4.98 Å². The average Bonchev–Trinajstić information content (AvgIpc) is 3.42. The molecule has 9 nitrogen and oxygen atoms in total. The van der Waals surface area contributed by atoms with E-state index in [-0.39, 0.29) is 17.7 Å². The maximum absolute atomic E-state index is 12.7. The van der Waals surface area contributed by atoms with Gasteiger partial charge < -0.3 is 14.2 Å². The molecule has 164 valence electrons. The van der Waals surface area contributed by atoms with Crippen molar-refractivity contribution >= 4 is 5.91 Å². The second-order valence-corrected chi connectivity index (χ2v) is 7.05. The molecule has 1 aromatic carbocycles. The van der Waals surface area contributed by atoms with Crippen LogP contribution < -0.4 is 4.74 Å². The van der Waals surface area contributed by atoms with E-state index >= 15 is 0 Å². The molecular formula is C19H19F3N6O3. The number of carbonyl (C=O) groups excluding carboxylic acids is 1. The summed E-state index contributed by atoms with van der Waals surface area (Å²) in [5, 5.41) is 12.1. The largest absolute Gasteiger partial charge is 0.573 e. The molecule has 1 saturated heterocycles. The van der Waals surface area contributed by atoms with Crippen molar-refractivity contribution in [2.75, 3.05) is 13.1 Å². The number of aromatic nitrogens is 5. The van der Waals surface area contributed by atoms with Crippen molar-refractivity contribution in [2.45, 2.75) is 38.6 Å². The highest BCUT2D eigenvalue weighted by atomic mass is 19.4. The van der Waals surface area contributed by atoms with E-state index in [1.54, 1.807) is 15.8 Å². The zero-order chi connectivity index (χ0) is 22.0. The lowest BCUT2D eigenvalue weighted by Gasteiger charge is -2.31. The van der Waals surface area contributed by atoms with Gasteiger partial charge in [-0.15, -0.1) is 18.3 Å². The Kier molecular flexibility index (Phi) is 5.61. The molecule has 3 heterocycles. The number of nitrogens with zero attached hydrogens (tertiary/aromatic N) is 6. The molecule has 0 spiro atoms. The van der Waals surface area contributed by atoms with E-state index < -0.39 is 6.36 Å². The van der Waals surface area contributed by atoms with Crippen molar-refractivity contribution in [1.29, 1.82) is 0 Å². The average molecular weight is 436 g/mol. The minimum absolute atomic E-state index is 0.0569. The summed E-state index contributed by atoms with van der Waals surface area (Å²) in [6.45, 7) is 2.89. The first-order chi connectivity index (χ1) is 14.8. The van der Waals surface area contributed by atoms with Crippen LogP contribution in [0.2, 0.25) is 0 Å². The van der Waals surface area contributed by atoms with Gasteiger partial charge in [0, 0.05) is 25.1 Å². The zero-order valence-corrected chi connectivity index (χ0v) is 16.5. The summed E-state index contributed by atoms with van der Waals surface area (Å²) in [5.41, 5.74) is 0.797. The van der Waals surface area contributed by atoms with Crippen molar-refractivity contribution < 1.29 is 27.2 Å². The Morgan fingerprint density at radius 3 is 2.55 bits per heavy atom. The lowest BCUT2D eigenvalue weighted by atomic mass is 10.0. The van der Waals surface area contributed by atoms with Gasteiger partial charge in [0.05, 0.1) is 12.2 Å². The molecule has 0 saturated carbocycles. The molecule has 0 unspecified atom stereocenters. The summed E-state index contributed by atoms with van der Waals surface area (Å²) in [4.78, 5) is 18.6. The van der Waals surface area contributed by atoms with Gasteiger partial charge in [-0.3, -0.25) is 4.79 Å². The van der Waals surface area contributed by atoms with Crippen molar-refractivity contribution in [1.82, 2.24) is 30.0 Å². The van der Waals surface area contributed by atoms with Gasteiger partial charge in [-0.25, -0.2) is 4.68 Å². The fourth-order valence-corrected chi connectivity index (χ4v) is 3.37. The highest BCUT2D eigenvalue weighted by Crippen LogP contribution is 2.26. The van der Waals surface area contributed by atoms with E-state index in [1.165, 1.54) is 12.1 Å². The van der Waals surface area contributed by atoms with Gasteiger partial charge in [0.1, 0.15) is 5.75 Å². The zero-order valence-electron chi connectivity index (χ0n) is 16.5. The smallest absolute Gasteiger partial charge is 0.406 e. The van der Waals surface area contributed by atoms with E-state index in [1.807, 2.05) is 6.92 Å². The number of hydrogen-bond donors (Lipinski definition) is 0. The molecular weight excluding hydrogens is 417 g/mol. The number of benzene rings is 1. The number of carbonyl (C=O) groups is 1. The molecule has 0 aliphatic carbocycles. The number of alkyl halides is 3. The van der Waals surface area contributed by atoms with E-state index in [0.717, 1.165) is 12.1 Å². The molecule has 0 atom stereocenters. The van der Waals surface area contributed by atoms with Gasteiger partial charge in [-0.1, -0.05) is 17.3 Å². The number of likely N-dealkylation sites (tertiary alicyclic amines) is 1. The van der Waals surface area contributed by atoms with Crippen molar-refractivity contribution in [3.63, 3.8) is 0 Å². The van der Waals surface area contributed by atoms with Crippen LogP contribution in [0.1, 0.15) is 42.0 Å². The monoisotopic (exact) mass is 436 g/mol. The molecule has 0 N–H and O–H groups in total. The molecule has 3 aromatic rings. The third-order valence-corrected chi connectivity index (χ3v) is 4.97. The first-order valence-corrected chi connectivity index (χ1v) is 9.72. The molecule has 4 rings (SSSR count). The van der Waals surface area contributed by atoms with Gasteiger partial charge in [0.25, 0.3) is 11.8 Å². The van der Waals surface area contributed by atoms with E-state index in [9.17, 15) is 18.0 Å². The normalized spacial score (nSPS) is 15.3. The Labute approximate surface area is 174 Å². The number of amides is 1. The molecule has 0 radical (unpaired) electrons. The second kappa shape index (κ2) is 8.36. The summed E-state index contributed by atoms with van der Waals surface area (Å²) in [6, 6.07) is 4.97. The molecule has 1 fully saturated rings. The number of piperidine rings is 1. The summed E-state index contributed by atoms with van der Waals surface area (Å²) < 4.78 is 47.5.